The second kappa shape index (κ2) is 10.3. The Bertz CT molecular complexity index is 1390. The molecule has 0 saturated heterocycles. The van der Waals surface area contributed by atoms with E-state index in [0.29, 0.717) is 12.3 Å². The molecule has 0 heterocycles. The van der Waals surface area contributed by atoms with Crippen LogP contribution in [0.1, 0.15) is 16.7 Å². The number of carbonyl (C=O) groups excluding carboxylic acids is 1. The molecule has 1 N–H and O–H groups in total. The Morgan fingerprint density at radius 3 is 2.48 bits per heavy atom. The van der Waals surface area contributed by atoms with Crippen LogP contribution >= 0.6 is 22.6 Å². The number of nitrogens with zero attached hydrogens (tertiary/aromatic N) is 1. The molecule has 4 aromatic rings. The number of carbonyl (C=O) groups is 1. The van der Waals surface area contributed by atoms with Crippen LogP contribution in [0.2, 0.25) is 0 Å². The molecule has 0 aliphatic rings. The monoisotopic (exact) mass is 544 g/mol. The molecule has 162 valence electrons. The quantitative estimate of drug-likeness (QED) is 0.164. The first-order valence-electron chi connectivity index (χ1n) is 10.4. The van der Waals surface area contributed by atoms with Gasteiger partial charge in [-0.25, -0.2) is 0 Å². The number of halogens is 1. The third-order valence-electron chi connectivity index (χ3n) is 5.15. The number of amides is 1. The molecule has 0 aliphatic heterocycles. The van der Waals surface area contributed by atoms with Crippen molar-refractivity contribution in [3.05, 3.63) is 111 Å². The number of hydrogen-bond donors (Lipinski definition) is 1. The van der Waals surface area contributed by atoms with Gasteiger partial charge in [0, 0.05) is 5.69 Å². The topological polar surface area (TPSA) is 62.1 Å². The number of aryl methyl sites for hydroxylation is 1. The Labute approximate surface area is 206 Å². The number of benzene rings is 4. The fourth-order valence-corrected chi connectivity index (χ4v) is 4.06. The maximum absolute atomic E-state index is 12.5. The minimum atomic E-state index is -0.437. The molecule has 0 radical (unpaired) electrons. The van der Waals surface area contributed by atoms with Gasteiger partial charge >= 0.3 is 0 Å². The van der Waals surface area contributed by atoms with Crippen molar-refractivity contribution in [1.82, 2.24) is 0 Å². The van der Waals surface area contributed by atoms with Crippen LogP contribution in [0.25, 0.3) is 16.8 Å². The SMILES string of the molecule is Cc1ccc(NC(=O)/C(C#N)=C/c2ccc(OCc3ccc4ccccc4c3)c(I)c2)cc1. The van der Waals surface area contributed by atoms with E-state index in [1.165, 1.54) is 10.8 Å². The zero-order chi connectivity index (χ0) is 23.2. The van der Waals surface area contributed by atoms with Gasteiger partial charge in [-0.2, -0.15) is 5.26 Å². The summed E-state index contributed by atoms with van der Waals surface area (Å²) >= 11 is 2.20. The Kier molecular flexibility index (Phi) is 7.06. The van der Waals surface area contributed by atoms with Gasteiger partial charge in [-0.15, -0.1) is 0 Å². The van der Waals surface area contributed by atoms with Crippen LogP contribution in [0.5, 0.6) is 5.75 Å². The van der Waals surface area contributed by atoms with E-state index in [9.17, 15) is 10.1 Å². The Morgan fingerprint density at radius 2 is 1.76 bits per heavy atom. The lowest BCUT2D eigenvalue weighted by Crippen LogP contribution is -2.13. The van der Waals surface area contributed by atoms with Crippen LogP contribution < -0.4 is 10.1 Å². The van der Waals surface area contributed by atoms with Crippen molar-refractivity contribution in [2.45, 2.75) is 13.5 Å². The number of fused-ring (bicyclic) bond motifs is 1. The van der Waals surface area contributed by atoms with Gasteiger partial charge in [-0.05, 0) is 87.8 Å². The molecule has 4 nitrogen and oxygen atoms in total. The van der Waals surface area contributed by atoms with Crippen LogP contribution in [-0.4, -0.2) is 5.91 Å². The molecule has 0 spiro atoms. The van der Waals surface area contributed by atoms with E-state index < -0.39 is 5.91 Å². The third kappa shape index (κ3) is 5.79. The lowest BCUT2D eigenvalue weighted by molar-refractivity contribution is -0.112. The first kappa shape index (κ1) is 22.6. The van der Waals surface area contributed by atoms with Crippen molar-refractivity contribution in [2.24, 2.45) is 0 Å². The highest BCUT2D eigenvalue weighted by atomic mass is 127. The minimum absolute atomic E-state index is 0.0382. The lowest BCUT2D eigenvalue weighted by atomic mass is 10.1. The summed E-state index contributed by atoms with van der Waals surface area (Å²) in [6.45, 7) is 2.43. The lowest BCUT2D eigenvalue weighted by Gasteiger charge is -2.10. The second-order valence-electron chi connectivity index (χ2n) is 7.65. The Morgan fingerprint density at radius 1 is 1.00 bits per heavy atom. The normalized spacial score (nSPS) is 11.1. The molecule has 0 saturated carbocycles. The largest absolute Gasteiger partial charge is 0.488 e. The molecule has 0 atom stereocenters. The zero-order valence-corrected chi connectivity index (χ0v) is 20.2. The highest BCUT2D eigenvalue weighted by molar-refractivity contribution is 14.1. The number of hydrogen-bond acceptors (Lipinski definition) is 3. The summed E-state index contributed by atoms with van der Waals surface area (Å²) in [4.78, 5) is 12.5. The van der Waals surface area contributed by atoms with Crippen LogP contribution in [0.15, 0.2) is 90.5 Å². The van der Waals surface area contributed by atoms with E-state index in [1.54, 1.807) is 6.08 Å². The zero-order valence-electron chi connectivity index (χ0n) is 18.0. The summed E-state index contributed by atoms with van der Waals surface area (Å²) in [7, 11) is 0. The fraction of sp³-hybridized carbons (Fsp3) is 0.0714. The van der Waals surface area contributed by atoms with Crippen LogP contribution in [0, 0.1) is 21.8 Å². The van der Waals surface area contributed by atoms with Gasteiger partial charge in [-0.3, -0.25) is 4.79 Å². The number of rotatable bonds is 6. The van der Waals surface area contributed by atoms with Gasteiger partial charge in [0.2, 0.25) is 0 Å². The predicted octanol–water partition coefficient (Wildman–Crippen LogP) is 6.88. The predicted molar refractivity (Wildman–Crippen MR) is 141 cm³/mol. The average Bonchev–Trinajstić information content (AvgIpc) is 2.83. The van der Waals surface area contributed by atoms with Crippen molar-refractivity contribution < 1.29 is 9.53 Å². The summed E-state index contributed by atoms with van der Waals surface area (Å²) in [6, 6.07) is 29.6. The average molecular weight is 544 g/mol. The van der Waals surface area contributed by atoms with E-state index in [1.807, 2.05) is 67.6 Å². The maximum Gasteiger partial charge on any atom is 0.266 e. The number of ether oxygens (including phenoxy) is 1. The molecule has 4 rings (SSSR count). The standard InChI is InChI=1S/C28H21IN2O2/c1-19-6-11-25(12-7-19)31-28(32)24(17-30)14-20-9-13-27(26(29)16-20)33-18-21-8-10-22-4-2-3-5-23(22)15-21/h2-16H,18H2,1H3,(H,31,32)/b24-14+. The van der Waals surface area contributed by atoms with E-state index in [-0.39, 0.29) is 5.57 Å². The molecule has 0 bridgehead atoms. The first-order valence-corrected chi connectivity index (χ1v) is 11.5. The number of nitrogens with one attached hydrogen (secondary N) is 1. The molecule has 0 fully saturated rings. The first-order chi connectivity index (χ1) is 16.0. The molecular weight excluding hydrogens is 523 g/mol. The summed E-state index contributed by atoms with van der Waals surface area (Å²) in [5, 5.41) is 14.6. The van der Waals surface area contributed by atoms with Gasteiger partial charge in [-0.1, -0.05) is 60.2 Å². The van der Waals surface area contributed by atoms with E-state index in [4.69, 9.17) is 4.74 Å². The summed E-state index contributed by atoms with van der Waals surface area (Å²) in [5.74, 6) is 0.316. The minimum Gasteiger partial charge on any atom is -0.488 e. The Hall–Kier alpha value is -3.63. The summed E-state index contributed by atoms with van der Waals surface area (Å²) in [5.41, 5.74) is 3.64. The van der Waals surface area contributed by atoms with Gasteiger partial charge in [0.1, 0.15) is 24.0 Å². The highest BCUT2D eigenvalue weighted by Gasteiger charge is 2.11. The fourth-order valence-electron chi connectivity index (χ4n) is 3.36. The number of anilines is 1. The summed E-state index contributed by atoms with van der Waals surface area (Å²) in [6.07, 6.45) is 1.58. The third-order valence-corrected chi connectivity index (χ3v) is 5.99. The van der Waals surface area contributed by atoms with Gasteiger partial charge < -0.3 is 10.1 Å². The molecule has 33 heavy (non-hydrogen) atoms. The second-order valence-corrected chi connectivity index (χ2v) is 8.81. The van der Waals surface area contributed by atoms with E-state index in [2.05, 4.69) is 58.2 Å². The summed E-state index contributed by atoms with van der Waals surface area (Å²) < 4.78 is 6.92. The molecule has 0 aliphatic carbocycles. The van der Waals surface area contributed by atoms with E-state index in [0.717, 1.165) is 26.0 Å². The molecule has 4 aromatic carbocycles. The van der Waals surface area contributed by atoms with Crippen LogP contribution in [-0.2, 0) is 11.4 Å². The van der Waals surface area contributed by atoms with E-state index >= 15 is 0 Å². The Balaban J connectivity index is 1.45. The molecule has 0 aromatic heterocycles. The smallest absolute Gasteiger partial charge is 0.266 e. The van der Waals surface area contributed by atoms with Gasteiger partial charge in [0.05, 0.1) is 3.57 Å². The van der Waals surface area contributed by atoms with Gasteiger partial charge in [0.25, 0.3) is 5.91 Å². The molecular formula is C28H21IN2O2. The van der Waals surface area contributed by atoms with Gasteiger partial charge in [0.15, 0.2) is 0 Å². The van der Waals surface area contributed by atoms with Crippen molar-refractivity contribution in [1.29, 1.82) is 5.26 Å². The highest BCUT2D eigenvalue weighted by Crippen LogP contribution is 2.25. The molecule has 0 unspecified atom stereocenters. The maximum atomic E-state index is 12.5. The van der Waals surface area contributed by atoms with Crippen LogP contribution in [0.4, 0.5) is 5.69 Å². The van der Waals surface area contributed by atoms with Crippen molar-refractivity contribution in [3.63, 3.8) is 0 Å². The van der Waals surface area contributed by atoms with Crippen molar-refractivity contribution in [3.8, 4) is 11.8 Å². The van der Waals surface area contributed by atoms with Crippen molar-refractivity contribution in [2.75, 3.05) is 5.32 Å². The van der Waals surface area contributed by atoms with Crippen LogP contribution in [0.3, 0.4) is 0 Å². The molecule has 5 heteroatoms. The van der Waals surface area contributed by atoms with Crippen molar-refractivity contribution >= 4 is 51.0 Å². The number of nitriles is 1. The molecule has 1 amide bonds.